The Morgan fingerprint density at radius 3 is 2.39 bits per heavy atom. The number of nitrogens with zero attached hydrogens (tertiary/aromatic N) is 3. The first-order valence-corrected chi connectivity index (χ1v) is 12.9. The van der Waals surface area contributed by atoms with Crippen LogP contribution in [0, 0.1) is 11.8 Å². The van der Waals surface area contributed by atoms with Gasteiger partial charge in [0, 0.05) is 26.7 Å². The lowest BCUT2D eigenvalue weighted by atomic mass is 9.73. The summed E-state index contributed by atoms with van der Waals surface area (Å²) in [6, 6.07) is 8.22. The molecule has 1 spiro atoms. The van der Waals surface area contributed by atoms with Gasteiger partial charge in [0.15, 0.2) is 0 Å². The molecule has 0 aromatic heterocycles. The van der Waals surface area contributed by atoms with Crippen molar-refractivity contribution in [2.45, 2.75) is 56.5 Å². The summed E-state index contributed by atoms with van der Waals surface area (Å²) < 4.78 is 6.89. The Morgan fingerprint density at radius 1 is 1.00 bits per heavy atom. The molecule has 2 fully saturated rings. The Balaban J connectivity index is 1.65. The minimum absolute atomic E-state index is 0.152. The molecule has 1 aromatic rings. The van der Waals surface area contributed by atoms with Crippen LogP contribution in [0.15, 0.2) is 54.6 Å². The first-order valence-electron chi connectivity index (χ1n) is 12.9. The number of amides is 3. The van der Waals surface area contributed by atoms with E-state index in [4.69, 9.17) is 4.74 Å². The molecule has 0 bridgehead atoms. The summed E-state index contributed by atoms with van der Waals surface area (Å²) in [5.74, 6) is -2.27. The molecule has 2 saturated heterocycles. The van der Waals surface area contributed by atoms with E-state index >= 15 is 0 Å². The van der Waals surface area contributed by atoms with Crippen molar-refractivity contribution in [3.63, 3.8) is 0 Å². The number of hydrogen-bond acceptors (Lipinski definition) is 5. The zero-order valence-electron chi connectivity index (χ0n) is 21.2. The van der Waals surface area contributed by atoms with E-state index in [1.54, 1.807) is 16.8 Å². The van der Waals surface area contributed by atoms with E-state index in [-0.39, 0.29) is 24.3 Å². The van der Waals surface area contributed by atoms with Crippen molar-refractivity contribution >= 4 is 17.7 Å². The van der Waals surface area contributed by atoms with E-state index in [0.29, 0.717) is 32.5 Å². The van der Waals surface area contributed by atoms with Crippen molar-refractivity contribution in [2.75, 3.05) is 26.7 Å². The minimum Gasteiger partial charge on any atom is -0.394 e. The molecule has 0 saturated carbocycles. The van der Waals surface area contributed by atoms with Gasteiger partial charge in [-0.1, -0.05) is 68.5 Å². The Kier molecular flexibility index (Phi) is 6.29. The maximum atomic E-state index is 14.3. The lowest BCUT2D eigenvalue weighted by Crippen LogP contribution is -2.58. The van der Waals surface area contributed by atoms with Crippen molar-refractivity contribution < 1.29 is 24.2 Å². The number of aliphatic hydroxyl groups is 1. The smallest absolute Gasteiger partial charge is 0.249 e. The normalized spacial score (nSPS) is 34.4. The summed E-state index contributed by atoms with van der Waals surface area (Å²) in [6.07, 6.45) is 8.59. The van der Waals surface area contributed by atoms with E-state index in [1.807, 2.05) is 68.5 Å². The lowest BCUT2D eigenvalue weighted by molar-refractivity contribution is -0.157. The minimum atomic E-state index is -1.29. The van der Waals surface area contributed by atoms with Crippen LogP contribution >= 0.6 is 0 Å². The standard InChI is InChI=1S/C28H35N3O5/c1-4-20(18-32)31-23-26(35)30(17-19-11-7-6-8-12-19)16-10-14-28(23)22(25(31)34)21-24(33)29(3)15-9-13-27(21,5-2)36-28/h6-14,20-23,32H,4-5,15-18H2,1-3H3/t20-,21+,22-,23?,27-,28-/m0/s1. The van der Waals surface area contributed by atoms with E-state index < -0.39 is 35.1 Å². The van der Waals surface area contributed by atoms with E-state index in [0.717, 1.165) is 5.56 Å². The van der Waals surface area contributed by atoms with Crippen molar-refractivity contribution in [1.29, 1.82) is 0 Å². The number of likely N-dealkylation sites (N-methyl/N-ethyl adjacent to an activating group) is 1. The highest BCUT2D eigenvalue weighted by atomic mass is 16.5. The second kappa shape index (κ2) is 9.16. The summed E-state index contributed by atoms with van der Waals surface area (Å²) >= 11 is 0. The Hall–Kier alpha value is -2.97. The fourth-order valence-corrected chi connectivity index (χ4v) is 6.62. The third-order valence-electron chi connectivity index (χ3n) is 8.45. The van der Waals surface area contributed by atoms with Crippen LogP contribution in [0.25, 0.3) is 0 Å². The quantitative estimate of drug-likeness (QED) is 0.610. The number of carbonyl (C=O) groups excluding carboxylic acids is 3. The SMILES string of the molecule is CC[C@@H](CO)N1C(=O)[C@@H]2[C@@H]3C(=O)N(C)CC=C[C@]3(CC)O[C@@]23C=CCN(Cc2ccccc2)C(=O)C13. The van der Waals surface area contributed by atoms with Crippen LogP contribution < -0.4 is 0 Å². The maximum Gasteiger partial charge on any atom is 0.249 e. The van der Waals surface area contributed by atoms with Crippen LogP contribution in [0.1, 0.15) is 32.3 Å². The van der Waals surface area contributed by atoms with Gasteiger partial charge >= 0.3 is 0 Å². The second-order valence-corrected chi connectivity index (χ2v) is 10.3. The molecule has 4 aliphatic heterocycles. The van der Waals surface area contributed by atoms with Crippen LogP contribution in [0.4, 0.5) is 0 Å². The van der Waals surface area contributed by atoms with E-state index in [2.05, 4.69) is 0 Å². The first-order chi connectivity index (χ1) is 17.3. The van der Waals surface area contributed by atoms with Gasteiger partial charge in [0.2, 0.25) is 17.7 Å². The molecule has 36 heavy (non-hydrogen) atoms. The van der Waals surface area contributed by atoms with Crippen LogP contribution in [0.5, 0.6) is 0 Å². The third-order valence-corrected chi connectivity index (χ3v) is 8.45. The largest absolute Gasteiger partial charge is 0.394 e. The molecule has 192 valence electrons. The molecular weight excluding hydrogens is 458 g/mol. The van der Waals surface area contributed by atoms with Gasteiger partial charge in [0.05, 0.1) is 30.1 Å². The molecule has 4 heterocycles. The fraction of sp³-hybridized carbons (Fsp3) is 0.536. The topological polar surface area (TPSA) is 90.4 Å². The number of carbonyl (C=O) groups is 3. The third kappa shape index (κ3) is 3.45. The molecule has 6 atom stereocenters. The van der Waals surface area contributed by atoms with Crippen molar-refractivity contribution in [1.82, 2.24) is 14.7 Å². The van der Waals surface area contributed by atoms with Gasteiger partial charge in [0.25, 0.3) is 0 Å². The summed E-state index contributed by atoms with van der Waals surface area (Å²) in [4.78, 5) is 47.1. The highest BCUT2D eigenvalue weighted by molar-refractivity contribution is 6.00. The molecule has 0 radical (unpaired) electrons. The van der Waals surface area contributed by atoms with Gasteiger partial charge in [-0.25, -0.2) is 0 Å². The van der Waals surface area contributed by atoms with Crippen LogP contribution in [0.3, 0.4) is 0 Å². The van der Waals surface area contributed by atoms with Crippen molar-refractivity contribution in [2.24, 2.45) is 11.8 Å². The van der Waals surface area contributed by atoms with Gasteiger partial charge in [-0.3, -0.25) is 14.4 Å². The van der Waals surface area contributed by atoms with Gasteiger partial charge < -0.3 is 24.5 Å². The first kappa shape index (κ1) is 24.7. The van der Waals surface area contributed by atoms with Crippen molar-refractivity contribution in [3.8, 4) is 0 Å². The second-order valence-electron chi connectivity index (χ2n) is 10.3. The molecule has 1 aromatic carbocycles. The summed E-state index contributed by atoms with van der Waals surface area (Å²) in [6.45, 7) is 4.77. The van der Waals surface area contributed by atoms with Gasteiger partial charge in [-0.05, 0) is 18.4 Å². The monoisotopic (exact) mass is 493 g/mol. The highest BCUT2D eigenvalue weighted by Crippen LogP contribution is 2.58. The van der Waals surface area contributed by atoms with E-state index in [9.17, 15) is 19.5 Å². The Bertz CT molecular complexity index is 1100. The molecule has 4 aliphatic rings. The number of hydrogen-bond donors (Lipinski definition) is 1. The zero-order chi connectivity index (χ0) is 25.7. The number of fused-ring (bicyclic) bond motifs is 2. The number of ether oxygens (including phenoxy) is 1. The molecule has 8 heteroatoms. The van der Waals surface area contributed by atoms with Gasteiger partial charge in [0.1, 0.15) is 11.6 Å². The predicted octanol–water partition coefficient (Wildman–Crippen LogP) is 1.75. The summed E-state index contributed by atoms with van der Waals surface area (Å²) in [7, 11) is 1.73. The molecule has 5 rings (SSSR count). The number of likely N-dealkylation sites (tertiary alicyclic amines) is 1. The zero-order valence-corrected chi connectivity index (χ0v) is 21.2. The van der Waals surface area contributed by atoms with Crippen LogP contribution in [-0.2, 0) is 25.7 Å². The number of rotatable bonds is 6. The summed E-state index contributed by atoms with van der Waals surface area (Å²) in [5, 5.41) is 10.2. The molecule has 1 N–H and O–H groups in total. The highest BCUT2D eigenvalue weighted by Gasteiger charge is 2.75. The lowest BCUT2D eigenvalue weighted by Gasteiger charge is -2.40. The van der Waals surface area contributed by atoms with Gasteiger partial charge in [-0.15, -0.1) is 0 Å². The average molecular weight is 494 g/mol. The molecular formula is C28H35N3O5. The number of aliphatic hydroxyl groups excluding tert-OH is 1. The molecule has 3 amide bonds. The Labute approximate surface area is 212 Å². The van der Waals surface area contributed by atoms with Crippen LogP contribution in [-0.4, -0.2) is 87.6 Å². The fourth-order valence-electron chi connectivity index (χ4n) is 6.62. The van der Waals surface area contributed by atoms with Crippen LogP contribution in [0.2, 0.25) is 0 Å². The number of benzene rings is 1. The summed E-state index contributed by atoms with van der Waals surface area (Å²) in [5.41, 5.74) is -1.28. The van der Waals surface area contributed by atoms with Crippen molar-refractivity contribution in [3.05, 3.63) is 60.2 Å². The van der Waals surface area contributed by atoms with Gasteiger partial charge in [-0.2, -0.15) is 0 Å². The molecule has 0 aliphatic carbocycles. The molecule has 1 unspecified atom stereocenters. The Morgan fingerprint density at radius 2 is 1.72 bits per heavy atom. The van der Waals surface area contributed by atoms with E-state index in [1.165, 1.54) is 4.90 Å². The maximum absolute atomic E-state index is 14.3. The predicted molar refractivity (Wildman–Crippen MR) is 133 cm³/mol. The average Bonchev–Trinajstić information content (AvgIpc) is 3.19. The molecule has 8 nitrogen and oxygen atoms in total.